The van der Waals surface area contributed by atoms with Gasteiger partial charge in [0.25, 0.3) is 0 Å². The molecule has 0 saturated heterocycles. The first kappa shape index (κ1) is 41.0. The number of ether oxygens (including phenoxy) is 2. The maximum atomic E-state index is 14.7. The zero-order chi connectivity index (χ0) is 38.1. The van der Waals surface area contributed by atoms with Gasteiger partial charge in [-0.25, -0.2) is 4.39 Å². The lowest BCUT2D eigenvalue weighted by atomic mass is 9.93. The maximum absolute atomic E-state index is 14.7. The largest absolute Gasteiger partial charge is 0.486 e. The van der Waals surface area contributed by atoms with Crippen molar-refractivity contribution < 1.29 is 33.7 Å². The molecule has 2 fully saturated rings. The molecule has 4 N–H and O–H groups in total. The van der Waals surface area contributed by atoms with Gasteiger partial charge >= 0.3 is 11.9 Å². The monoisotopic (exact) mass is 912 g/mol. The average Bonchev–Trinajstić information content (AvgIpc) is 3.05. The maximum Gasteiger partial charge on any atom is 0.307 e. The van der Waals surface area contributed by atoms with Crippen molar-refractivity contribution in [1.82, 2.24) is 0 Å². The third kappa shape index (κ3) is 11.6. The van der Waals surface area contributed by atoms with Crippen molar-refractivity contribution in [2.75, 3.05) is 10.6 Å². The quantitative estimate of drug-likeness (QED) is 0.0932. The highest BCUT2D eigenvalue weighted by molar-refractivity contribution is 9.11. The Morgan fingerprint density at radius 1 is 0.736 bits per heavy atom. The Kier molecular flexibility index (Phi) is 15.0. The van der Waals surface area contributed by atoms with E-state index in [-0.39, 0.29) is 31.9 Å². The van der Waals surface area contributed by atoms with Gasteiger partial charge in [-0.2, -0.15) is 0 Å². The predicted octanol–water partition coefficient (Wildman–Crippen LogP) is 11.7. The van der Waals surface area contributed by atoms with Gasteiger partial charge in [0.1, 0.15) is 19.0 Å². The van der Waals surface area contributed by atoms with E-state index in [0.717, 1.165) is 42.5 Å². The first-order valence-electron chi connectivity index (χ1n) is 17.1. The number of carboxylic acid groups (broad SMARTS) is 2. The Balaban J connectivity index is 0.000000204. The summed E-state index contributed by atoms with van der Waals surface area (Å²) in [6.07, 6.45) is 7.19. The van der Waals surface area contributed by atoms with E-state index in [0.29, 0.717) is 70.8 Å². The van der Waals surface area contributed by atoms with E-state index < -0.39 is 11.9 Å². The van der Waals surface area contributed by atoms with Crippen LogP contribution < -0.4 is 20.1 Å². The van der Waals surface area contributed by atoms with Gasteiger partial charge in [0.2, 0.25) is 0 Å². The summed E-state index contributed by atoms with van der Waals surface area (Å²) in [6.45, 7) is 0.300. The van der Waals surface area contributed by atoms with Crippen molar-refractivity contribution in [3.05, 3.63) is 113 Å². The van der Waals surface area contributed by atoms with Crippen LogP contribution in [0.2, 0.25) is 15.1 Å². The van der Waals surface area contributed by atoms with E-state index >= 15 is 0 Å². The highest BCUT2D eigenvalue weighted by atomic mass is 79.9. The Morgan fingerprint density at radius 2 is 1.26 bits per heavy atom. The molecule has 0 bridgehead atoms. The van der Waals surface area contributed by atoms with Gasteiger partial charge < -0.3 is 30.3 Å². The molecule has 0 heterocycles. The molecule has 0 amide bonds. The molecule has 8 nitrogen and oxygen atoms in total. The molecule has 0 unspecified atom stereocenters. The molecule has 4 aromatic carbocycles. The molecule has 2 aliphatic carbocycles. The minimum atomic E-state index is -0.907. The lowest BCUT2D eigenvalue weighted by Crippen LogP contribution is -2.27. The van der Waals surface area contributed by atoms with Gasteiger partial charge in [-0.05, 0) is 124 Å². The fraction of sp³-hybridized carbons (Fsp3) is 0.333. The number of hydrogen-bond acceptors (Lipinski definition) is 6. The van der Waals surface area contributed by atoms with Crippen LogP contribution in [-0.2, 0) is 35.6 Å². The highest BCUT2D eigenvalue weighted by Gasteiger charge is 2.21. The Labute approximate surface area is 339 Å². The van der Waals surface area contributed by atoms with Gasteiger partial charge in [0, 0.05) is 29.6 Å². The van der Waals surface area contributed by atoms with Crippen molar-refractivity contribution in [3.63, 3.8) is 0 Å². The molecule has 53 heavy (non-hydrogen) atoms. The van der Waals surface area contributed by atoms with E-state index in [2.05, 4.69) is 42.5 Å². The molecule has 0 spiro atoms. The van der Waals surface area contributed by atoms with Crippen molar-refractivity contribution >= 4 is 90.0 Å². The van der Waals surface area contributed by atoms with Gasteiger partial charge in [-0.15, -0.1) is 0 Å². The number of nitrogens with one attached hydrogen (secondary N) is 2. The second-order valence-corrected chi connectivity index (χ2v) is 15.8. The van der Waals surface area contributed by atoms with Gasteiger partial charge in [-0.3, -0.25) is 9.59 Å². The van der Waals surface area contributed by atoms with Gasteiger partial charge in [0.15, 0.2) is 11.6 Å². The number of rotatable bonds is 15. The van der Waals surface area contributed by atoms with Crippen LogP contribution in [0.15, 0.2) is 69.6 Å². The molecule has 0 aromatic heterocycles. The average molecular weight is 916 g/mol. The molecule has 2 aliphatic rings. The van der Waals surface area contributed by atoms with E-state index in [1.807, 2.05) is 24.3 Å². The Hall–Kier alpha value is -3.22. The van der Waals surface area contributed by atoms with Crippen LogP contribution in [0, 0.1) is 5.82 Å². The van der Waals surface area contributed by atoms with E-state index in [1.54, 1.807) is 36.4 Å². The Bertz CT molecular complexity index is 1900. The summed E-state index contributed by atoms with van der Waals surface area (Å²) in [5.74, 6) is -1.20. The lowest BCUT2D eigenvalue weighted by Gasteiger charge is -2.28. The fourth-order valence-electron chi connectivity index (χ4n) is 5.62. The van der Waals surface area contributed by atoms with Crippen LogP contribution in [0.4, 0.5) is 15.8 Å². The Morgan fingerprint density at radius 3 is 1.81 bits per heavy atom. The molecule has 282 valence electrons. The van der Waals surface area contributed by atoms with Crippen LogP contribution in [0.3, 0.4) is 0 Å². The van der Waals surface area contributed by atoms with E-state index in [9.17, 15) is 14.0 Å². The molecule has 4 aromatic rings. The normalized spacial score (nSPS) is 13.9. The van der Waals surface area contributed by atoms with Crippen LogP contribution >= 0.6 is 66.7 Å². The molecule has 0 aliphatic heterocycles. The van der Waals surface area contributed by atoms with Crippen molar-refractivity contribution in [2.45, 2.75) is 83.1 Å². The van der Waals surface area contributed by atoms with E-state index in [1.165, 1.54) is 12.8 Å². The topological polar surface area (TPSA) is 117 Å². The SMILES string of the molecule is O=C(O)CCc1cc(Cl)c(OCc2cccc(NC3CCC3)c2Cl)c(Cl)c1.O=C(O)Cc1cc(Br)c(OCc2cccc(NC3CCC3)c2F)c(Br)c1. The van der Waals surface area contributed by atoms with Crippen molar-refractivity contribution in [3.8, 4) is 11.5 Å². The number of hydrogen-bond donors (Lipinski definition) is 4. The smallest absolute Gasteiger partial charge is 0.307 e. The van der Waals surface area contributed by atoms with Crippen LogP contribution in [0.1, 0.15) is 67.2 Å². The molecular formula is C39H38Br2Cl3FN2O6. The second-order valence-electron chi connectivity index (χ2n) is 12.9. The summed E-state index contributed by atoms with van der Waals surface area (Å²) < 4.78 is 27.5. The van der Waals surface area contributed by atoms with Gasteiger partial charge in [-0.1, -0.05) is 59.1 Å². The second kappa shape index (κ2) is 19.4. The van der Waals surface area contributed by atoms with Crippen molar-refractivity contribution in [1.29, 1.82) is 0 Å². The number of benzene rings is 4. The summed E-state index contributed by atoms with van der Waals surface area (Å²) in [6, 6.07) is 18.6. The minimum absolute atomic E-state index is 0.0171. The molecule has 14 heteroatoms. The number of aryl methyl sites for hydroxylation is 1. The predicted molar refractivity (Wildman–Crippen MR) is 215 cm³/mol. The number of halogens is 6. The zero-order valence-electron chi connectivity index (χ0n) is 28.5. The number of carboxylic acids is 2. The zero-order valence-corrected chi connectivity index (χ0v) is 33.9. The molecule has 0 atom stereocenters. The summed E-state index contributed by atoms with van der Waals surface area (Å²) in [4.78, 5) is 21.6. The van der Waals surface area contributed by atoms with Gasteiger partial charge in [0.05, 0.1) is 41.8 Å². The summed E-state index contributed by atoms with van der Waals surface area (Å²) in [5, 5.41) is 25.7. The fourth-order valence-corrected chi connectivity index (χ4v) is 8.01. The first-order chi connectivity index (χ1) is 25.4. The van der Waals surface area contributed by atoms with Crippen LogP contribution in [0.5, 0.6) is 11.5 Å². The summed E-state index contributed by atoms with van der Waals surface area (Å²) >= 11 is 25.9. The lowest BCUT2D eigenvalue weighted by molar-refractivity contribution is -0.137. The third-order valence-electron chi connectivity index (χ3n) is 8.93. The molecule has 2 saturated carbocycles. The number of aliphatic carboxylic acids is 2. The number of anilines is 2. The first-order valence-corrected chi connectivity index (χ1v) is 19.8. The van der Waals surface area contributed by atoms with Crippen LogP contribution in [0.25, 0.3) is 0 Å². The van der Waals surface area contributed by atoms with Crippen molar-refractivity contribution in [2.24, 2.45) is 0 Å². The third-order valence-corrected chi connectivity index (χ3v) is 11.1. The standard InChI is InChI=1S/C20H20Cl3NO3.C19H18Br2FNO3/c21-15-9-12(7-8-18(25)26)10-16(22)20(15)27-11-13-3-1-6-17(19(13)23)24-14-4-2-5-14;20-14-7-11(9-17(24)25)8-15(21)19(14)26-10-12-3-1-6-16(18(12)22)23-13-4-2-5-13/h1,3,6,9-10,14,24H,2,4-5,7-8,11H2,(H,25,26);1,3,6-8,13,23H,2,4-5,9-10H2,(H,24,25). The summed E-state index contributed by atoms with van der Waals surface area (Å²) in [5.41, 5.74) is 4.10. The molecular weight excluding hydrogens is 878 g/mol. The minimum Gasteiger partial charge on any atom is -0.486 e. The van der Waals surface area contributed by atoms with Crippen LogP contribution in [-0.4, -0.2) is 34.2 Å². The van der Waals surface area contributed by atoms with E-state index in [4.69, 9.17) is 54.5 Å². The number of carbonyl (C=O) groups is 2. The molecule has 6 rings (SSSR count). The highest BCUT2D eigenvalue weighted by Crippen LogP contribution is 2.38. The molecule has 0 radical (unpaired) electrons. The summed E-state index contributed by atoms with van der Waals surface area (Å²) in [7, 11) is 0.